The quantitative estimate of drug-likeness (QED) is 0.143. The van der Waals surface area contributed by atoms with E-state index in [-0.39, 0.29) is 46.3 Å². The number of aryl methyl sites for hydroxylation is 2. The van der Waals surface area contributed by atoms with Crippen molar-refractivity contribution in [2.24, 2.45) is 5.73 Å². The van der Waals surface area contributed by atoms with E-state index in [2.05, 4.69) is 35.2 Å². The number of alkyl halides is 6. The summed E-state index contributed by atoms with van der Waals surface area (Å²) in [6.07, 6.45) is -8.60. The molecule has 10 nitrogen and oxygen atoms in total. The summed E-state index contributed by atoms with van der Waals surface area (Å²) in [4.78, 5) is 23.3. The first-order chi connectivity index (χ1) is 25.0. The van der Waals surface area contributed by atoms with Gasteiger partial charge in [-0.1, -0.05) is 36.4 Å². The molecule has 280 valence electrons. The van der Waals surface area contributed by atoms with E-state index in [0.717, 1.165) is 41.5 Å². The van der Waals surface area contributed by atoms with Gasteiger partial charge in [-0.05, 0) is 96.2 Å². The third-order valence-corrected chi connectivity index (χ3v) is 7.24. The van der Waals surface area contributed by atoms with Crippen LogP contribution in [0.3, 0.4) is 0 Å². The van der Waals surface area contributed by atoms with Crippen LogP contribution in [0.15, 0.2) is 81.6 Å². The predicted octanol–water partition coefficient (Wildman–Crippen LogP) is 9.48. The molecule has 0 spiro atoms. The molecule has 0 bridgehead atoms. The van der Waals surface area contributed by atoms with Gasteiger partial charge in [0.2, 0.25) is 21.8 Å². The summed E-state index contributed by atoms with van der Waals surface area (Å²) >= 11 is 17.1. The number of hydrogen-bond donors (Lipinski definition) is 2. The lowest BCUT2D eigenvalue weighted by Gasteiger charge is -2.09. The fourth-order valence-corrected chi connectivity index (χ4v) is 4.99. The maximum absolute atomic E-state index is 12.8. The molecule has 0 radical (unpaired) electrons. The largest absolute Gasteiger partial charge is 0.465 e. The second-order valence-electron chi connectivity index (χ2n) is 11.0. The first kappa shape index (κ1) is 41.0. The monoisotopic (exact) mass is 800 g/mol. The molecule has 0 saturated carbocycles. The molecule has 0 unspecified atom stereocenters. The summed E-state index contributed by atoms with van der Waals surface area (Å²) < 4.78 is 86.6. The fourth-order valence-electron chi connectivity index (χ4n) is 4.41. The molecule has 0 aliphatic heterocycles. The van der Waals surface area contributed by atoms with Crippen molar-refractivity contribution in [2.75, 3.05) is 5.32 Å². The molecule has 6 aromatic rings. The Morgan fingerprint density at radius 2 is 1.06 bits per heavy atom. The zero-order chi connectivity index (χ0) is 38.8. The van der Waals surface area contributed by atoms with Crippen LogP contribution in [0.5, 0.6) is 0 Å². The molecule has 19 heteroatoms. The number of nitrogens with zero attached hydrogens (tertiary/aromatic N) is 6. The van der Waals surface area contributed by atoms with E-state index < -0.39 is 23.5 Å². The highest BCUT2D eigenvalue weighted by Crippen LogP contribution is 2.31. The first-order valence-electron chi connectivity index (χ1n) is 15.3. The number of anilines is 1. The smallest absolute Gasteiger partial charge is 0.416 e. The summed E-state index contributed by atoms with van der Waals surface area (Å²) in [5.41, 5.74) is 4.66. The number of aromatic nitrogens is 6. The Balaban J connectivity index is 0.000000202. The lowest BCUT2D eigenvalue weighted by Crippen LogP contribution is -2.08. The number of halogens is 9. The van der Waals surface area contributed by atoms with Crippen molar-refractivity contribution in [3.63, 3.8) is 0 Å². The molecular formula is C34H29Cl3F6N8O2. The number of nitrogens with two attached hydrogens (primary N) is 1. The van der Waals surface area contributed by atoms with Gasteiger partial charge in [-0.2, -0.15) is 41.3 Å². The minimum atomic E-state index is -4.40. The molecule has 4 heterocycles. The van der Waals surface area contributed by atoms with Crippen LogP contribution >= 0.6 is 34.8 Å². The highest BCUT2D eigenvalue weighted by Gasteiger charge is 2.31. The lowest BCUT2D eigenvalue weighted by molar-refractivity contribution is -0.138. The molecule has 4 aromatic heterocycles. The summed E-state index contributed by atoms with van der Waals surface area (Å²) in [5.74, 6) is 3.94. The molecule has 2 aromatic carbocycles. The number of benzene rings is 2. The van der Waals surface area contributed by atoms with Crippen molar-refractivity contribution in [2.45, 2.75) is 52.1 Å². The third-order valence-electron chi connectivity index (χ3n) is 6.73. The van der Waals surface area contributed by atoms with E-state index in [4.69, 9.17) is 49.4 Å². The molecule has 3 N–H and O–H groups in total. The highest BCUT2D eigenvalue weighted by atomic mass is 35.5. The van der Waals surface area contributed by atoms with Gasteiger partial charge in [-0.3, -0.25) is 0 Å². The molecule has 53 heavy (non-hydrogen) atoms. The van der Waals surface area contributed by atoms with E-state index in [1.165, 1.54) is 12.1 Å². The Bertz CT molecular complexity index is 2090. The molecular weight excluding hydrogens is 773 g/mol. The van der Waals surface area contributed by atoms with E-state index >= 15 is 0 Å². The Hall–Kier alpha value is -4.77. The van der Waals surface area contributed by atoms with Gasteiger partial charge in [0.25, 0.3) is 0 Å². The van der Waals surface area contributed by atoms with Crippen LogP contribution in [0.4, 0.5) is 32.3 Å². The van der Waals surface area contributed by atoms with Crippen LogP contribution in [0.2, 0.25) is 15.9 Å². The Kier molecular flexibility index (Phi) is 14.2. The van der Waals surface area contributed by atoms with Gasteiger partial charge in [0, 0.05) is 12.8 Å². The Labute approximate surface area is 313 Å². The molecule has 0 aliphatic carbocycles. The van der Waals surface area contributed by atoms with Crippen LogP contribution < -0.4 is 11.1 Å². The van der Waals surface area contributed by atoms with Crippen molar-refractivity contribution in [3.05, 3.63) is 146 Å². The predicted molar refractivity (Wildman–Crippen MR) is 185 cm³/mol. The van der Waals surface area contributed by atoms with Crippen molar-refractivity contribution < 1.29 is 35.2 Å². The highest BCUT2D eigenvalue weighted by molar-refractivity contribution is 6.31. The fraction of sp³-hybridized carbons (Fsp3) is 0.235. The summed E-state index contributed by atoms with van der Waals surface area (Å²) in [6, 6.07) is 17.3. The minimum Gasteiger partial charge on any atom is -0.465 e. The van der Waals surface area contributed by atoms with Gasteiger partial charge in [0.15, 0.2) is 0 Å². The summed E-state index contributed by atoms with van der Waals surface area (Å²) in [7, 11) is 0. The summed E-state index contributed by atoms with van der Waals surface area (Å²) in [6.45, 7) is 4.57. The van der Waals surface area contributed by atoms with Crippen molar-refractivity contribution >= 4 is 40.8 Å². The Morgan fingerprint density at radius 1 is 0.604 bits per heavy atom. The molecule has 0 aliphatic rings. The van der Waals surface area contributed by atoms with Crippen LogP contribution in [0.1, 0.15) is 56.9 Å². The van der Waals surface area contributed by atoms with Gasteiger partial charge >= 0.3 is 12.4 Å². The van der Waals surface area contributed by atoms with Gasteiger partial charge < -0.3 is 19.9 Å². The number of hydrogen-bond acceptors (Lipinski definition) is 10. The van der Waals surface area contributed by atoms with Gasteiger partial charge in [0.1, 0.15) is 34.7 Å². The number of nitrogens with one attached hydrogen (secondary N) is 1. The zero-order valence-corrected chi connectivity index (χ0v) is 30.0. The van der Waals surface area contributed by atoms with Gasteiger partial charge in [-0.25, -0.2) is 15.0 Å². The number of furan rings is 2. The van der Waals surface area contributed by atoms with Crippen molar-refractivity contribution in [1.29, 1.82) is 0 Å². The summed E-state index contributed by atoms with van der Waals surface area (Å²) in [5, 5.41) is 2.72. The van der Waals surface area contributed by atoms with E-state index in [1.54, 1.807) is 12.1 Å². The Morgan fingerprint density at radius 3 is 1.47 bits per heavy atom. The molecule has 0 atom stereocenters. The molecule has 0 saturated heterocycles. The first-order valence-corrected chi connectivity index (χ1v) is 16.4. The van der Waals surface area contributed by atoms with Gasteiger partial charge in [0.05, 0.1) is 24.2 Å². The maximum atomic E-state index is 12.8. The minimum absolute atomic E-state index is 0.0416. The number of rotatable bonds is 8. The zero-order valence-electron chi connectivity index (χ0n) is 27.7. The van der Waals surface area contributed by atoms with E-state index in [1.807, 2.05) is 38.1 Å². The van der Waals surface area contributed by atoms with Crippen LogP contribution in [0, 0.1) is 13.8 Å². The van der Waals surface area contributed by atoms with E-state index in [0.29, 0.717) is 30.0 Å². The average molecular weight is 802 g/mol. The normalized spacial score (nSPS) is 11.3. The second kappa shape index (κ2) is 18.3. The lowest BCUT2D eigenvalue weighted by atomic mass is 10.1. The SMILES string of the molecule is Cc1ccc(CN)o1.Cc1ccc(CNc2nc(Cl)nc(Cc3cccc(C(F)(F)F)c3)n2)o1.FC(F)(F)c1cccc(Cc2nc(Cl)nc(Cl)n2)c1. The van der Waals surface area contributed by atoms with Crippen molar-refractivity contribution in [1.82, 2.24) is 29.9 Å². The molecule has 0 fully saturated rings. The van der Waals surface area contributed by atoms with Crippen LogP contribution in [-0.2, 0) is 38.3 Å². The van der Waals surface area contributed by atoms with Crippen LogP contribution in [0.25, 0.3) is 0 Å². The van der Waals surface area contributed by atoms with Crippen molar-refractivity contribution in [3.8, 4) is 0 Å². The standard InChI is InChI=1S/C17H14ClF3N4O.C11H6Cl2F3N3.C6H9NO/c1-10-5-6-13(26-10)9-22-16-24-14(23-15(18)25-16)8-11-3-2-4-12(7-11)17(19,20)21;12-9-17-8(18-10(13)19-9)5-6-2-1-3-7(4-6)11(14,15)16;1-5-2-3-6(4-7)8-5/h2-7H,8-9H2,1H3,(H,22,23,24,25);1-4H,5H2;2-3H,4,7H2,1H3. The second-order valence-corrected chi connectivity index (χ2v) is 12.0. The van der Waals surface area contributed by atoms with Gasteiger partial charge in [-0.15, -0.1) is 0 Å². The maximum Gasteiger partial charge on any atom is 0.416 e. The third kappa shape index (κ3) is 13.6. The molecule has 6 rings (SSSR count). The topological polar surface area (TPSA) is 142 Å². The van der Waals surface area contributed by atoms with E-state index in [9.17, 15) is 26.3 Å². The van der Waals surface area contributed by atoms with Crippen LogP contribution in [-0.4, -0.2) is 29.9 Å². The average Bonchev–Trinajstić information content (AvgIpc) is 3.70. The molecule has 0 amide bonds.